The van der Waals surface area contributed by atoms with Gasteiger partial charge in [0.15, 0.2) is 11.0 Å². The topological polar surface area (TPSA) is 25.8 Å². The molecule has 70 valence electrons. The van der Waals surface area contributed by atoms with Gasteiger partial charge in [0.2, 0.25) is 0 Å². The molecule has 0 bridgehead atoms. The molecule has 1 heterocycles. The first kappa shape index (κ1) is 12.3. The Morgan fingerprint density at radius 3 is 2.46 bits per heavy atom. The maximum Gasteiger partial charge on any atom is 0.183 e. The fourth-order valence-corrected chi connectivity index (χ4v) is 1.10. The van der Waals surface area contributed by atoms with Crippen molar-refractivity contribution in [1.82, 2.24) is 9.97 Å². The van der Waals surface area contributed by atoms with E-state index in [0.717, 1.165) is 0 Å². The van der Waals surface area contributed by atoms with Gasteiger partial charge in [-0.1, -0.05) is 27.5 Å². The number of halogens is 3. The highest BCUT2D eigenvalue weighted by Crippen LogP contribution is 2.24. The number of terminal acetylenes is 1. The zero-order valence-electron chi connectivity index (χ0n) is 6.84. The van der Waals surface area contributed by atoms with Crippen molar-refractivity contribution < 1.29 is 4.39 Å². The Labute approximate surface area is 89.7 Å². The molecule has 0 aliphatic heterocycles. The van der Waals surface area contributed by atoms with Gasteiger partial charge >= 0.3 is 0 Å². The smallest absolute Gasteiger partial charge is 0.183 e. The van der Waals surface area contributed by atoms with E-state index in [2.05, 4.69) is 38.7 Å². The number of hydrogen-bond donors (Lipinski definition) is 0. The van der Waals surface area contributed by atoms with E-state index in [1.807, 2.05) is 0 Å². The van der Waals surface area contributed by atoms with Crippen molar-refractivity contribution in [1.29, 1.82) is 0 Å². The zero-order chi connectivity index (χ0) is 10.4. The van der Waals surface area contributed by atoms with E-state index in [-0.39, 0.29) is 15.7 Å². The van der Waals surface area contributed by atoms with Crippen molar-refractivity contribution in [2.24, 2.45) is 0 Å². The highest BCUT2D eigenvalue weighted by molar-refractivity contribution is 9.09. The molecule has 0 aliphatic carbocycles. The summed E-state index contributed by atoms with van der Waals surface area (Å²) in [7, 11) is 0. The Bertz CT molecular complexity index is 301. The molecule has 1 rings (SSSR count). The van der Waals surface area contributed by atoms with E-state index in [4.69, 9.17) is 11.6 Å². The molecule has 1 aromatic rings. The summed E-state index contributed by atoms with van der Waals surface area (Å²) in [5, 5.41) is -0.138. The number of nitrogens with zero attached hydrogens (tertiary/aromatic N) is 2. The predicted molar refractivity (Wildman–Crippen MR) is 54.2 cm³/mol. The number of aromatic nitrogens is 2. The van der Waals surface area contributed by atoms with Gasteiger partial charge in [-0.05, 0) is 6.92 Å². The van der Waals surface area contributed by atoms with Crippen molar-refractivity contribution in [3.05, 3.63) is 23.0 Å². The SMILES string of the molecule is C#C.CC(Br)c1ncnc(Cl)c1F. The highest BCUT2D eigenvalue weighted by Gasteiger charge is 2.12. The first-order chi connectivity index (χ1) is 6.13. The lowest BCUT2D eigenvalue weighted by molar-refractivity contribution is 0.593. The summed E-state index contributed by atoms with van der Waals surface area (Å²) < 4.78 is 13.0. The largest absolute Gasteiger partial charge is 0.237 e. The van der Waals surface area contributed by atoms with Crippen molar-refractivity contribution in [2.45, 2.75) is 11.8 Å². The molecule has 0 amide bonds. The van der Waals surface area contributed by atoms with Gasteiger partial charge in [-0.2, -0.15) is 0 Å². The standard InChI is InChI=1S/C6H5BrClFN2.C2H2/c1-3(7)5-4(9)6(8)11-2-10-5;1-2/h2-3H,1H3;1-2H. The maximum atomic E-state index is 13.0. The molecule has 1 unspecified atom stereocenters. The first-order valence-corrected chi connectivity index (χ1v) is 4.55. The molecule has 0 spiro atoms. The molecule has 0 aromatic carbocycles. The number of hydrogen-bond acceptors (Lipinski definition) is 2. The van der Waals surface area contributed by atoms with Crippen LogP contribution < -0.4 is 0 Å². The van der Waals surface area contributed by atoms with Crippen LogP contribution in [-0.2, 0) is 0 Å². The Kier molecular flexibility index (Phi) is 5.60. The molecule has 0 N–H and O–H groups in total. The van der Waals surface area contributed by atoms with E-state index >= 15 is 0 Å². The summed E-state index contributed by atoms with van der Waals surface area (Å²) in [5.41, 5.74) is 0.282. The Hall–Kier alpha value is -0.660. The highest BCUT2D eigenvalue weighted by atomic mass is 79.9. The monoisotopic (exact) mass is 264 g/mol. The predicted octanol–water partition coefficient (Wildman–Crippen LogP) is 2.97. The van der Waals surface area contributed by atoms with Crippen LogP contribution in [0.25, 0.3) is 0 Å². The van der Waals surface area contributed by atoms with Crippen LogP contribution in [0.5, 0.6) is 0 Å². The van der Waals surface area contributed by atoms with E-state index in [0.29, 0.717) is 0 Å². The minimum absolute atomic E-state index is 0.138. The molecule has 2 nitrogen and oxygen atoms in total. The van der Waals surface area contributed by atoms with Crippen LogP contribution in [0.2, 0.25) is 5.15 Å². The van der Waals surface area contributed by atoms with E-state index in [1.165, 1.54) is 6.33 Å². The summed E-state index contributed by atoms with van der Waals surface area (Å²) in [6, 6.07) is 0. The van der Waals surface area contributed by atoms with Crippen LogP contribution in [0, 0.1) is 18.7 Å². The second-order valence-corrected chi connectivity index (χ2v) is 3.71. The second-order valence-electron chi connectivity index (χ2n) is 1.98. The Balaban J connectivity index is 0.000000671. The van der Waals surface area contributed by atoms with Gasteiger partial charge in [-0.3, -0.25) is 0 Å². The first-order valence-electron chi connectivity index (χ1n) is 3.26. The molecule has 0 fully saturated rings. The maximum absolute atomic E-state index is 13.0. The summed E-state index contributed by atoms with van der Waals surface area (Å²) in [6.07, 6.45) is 9.23. The number of rotatable bonds is 1. The van der Waals surface area contributed by atoms with E-state index < -0.39 is 5.82 Å². The van der Waals surface area contributed by atoms with Crippen LogP contribution in [-0.4, -0.2) is 9.97 Å². The molecule has 0 aliphatic rings. The van der Waals surface area contributed by atoms with Crippen LogP contribution in [0.15, 0.2) is 6.33 Å². The average molecular weight is 266 g/mol. The van der Waals surface area contributed by atoms with Gasteiger partial charge in [0.05, 0.1) is 10.5 Å². The fraction of sp³-hybridized carbons (Fsp3) is 0.250. The lowest BCUT2D eigenvalue weighted by Gasteiger charge is -2.02. The molecular weight excluding hydrogens is 258 g/mol. The molecule has 1 aromatic heterocycles. The molecule has 1 atom stereocenters. The Morgan fingerprint density at radius 1 is 1.54 bits per heavy atom. The molecule has 0 radical (unpaired) electrons. The van der Waals surface area contributed by atoms with Gasteiger partial charge in [0, 0.05) is 0 Å². The Morgan fingerprint density at radius 2 is 2.08 bits per heavy atom. The lowest BCUT2D eigenvalue weighted by atomic mass is 10.3. The minimum Gasteiger partial charge on any atom is -0.237 e. The van der Waals surface area contributed by atoms with Gasteiger partial charge in [-0.15, -0.1) is 12.8 Å². The molecular formula is C8H7BrClFN2. The van der Waals surface area contributed by atoms with Gasteiger partial charge in [-0.25, -0.2) is 14.4 Å². The summed E-state index contributed by atoms with van der Waals surface area (Å²) >= 11 is 8.59. The van der Waals surface area contributed by atoms with Gasteiger partial charge in [0.25, 0.3) is 0 Å². The molecule has 13 heavy (non-hydrogen) atoms. The average Bonchev–Trinajstić information content (AvgIpc) is 2.13. The summed E-state index contributed by atoms with van der Waals surface area (Å²) in [4.78, 5) is 7.05. The van der Waals surface area contributed by atoms with Gasteiger partial charge < -0.3 is 0 Å². The molecule has 0 saturated carbocycles. The van der Waals surface area contributed by atoms with Crippen molar-refractivity contribution >= 4 is 27.5 Å². The molecule has 0 saturated heterocycles. The van der Waals surface area contributed by atoms with Crippen molar-refractivity contribution in [2.75, 3.05) is 0 Å². The van der Waals surface area contributed by atoms with Crippen molar-refractivity contribution in [3.63, 3.8) is 0 Å². The van der Waals surface area contributed by atoms with Crippen LogP contribution in [0.1, 0.15) is 17.4 Å². The van der Waals surface area contributed by atoms with E-state index in [1.54, 1.807) is 6.92 Å². The molecule has 5 heteroatoms. The van der Waals surface area contributed by atoms with Crippen LogP contribution in [0.3, 0.4) is 0 Å². The quantitative estimate of drug-likeness (QED) is 0.443. The third-order valence-electron chi connectivity index (χ3n) is 1.15. The fourth-order valence-electron chi connectivity index (χ4n) is 0.638. The summed E-state index contributed by atoms with van der Waals surface area (Å²) in [6.45, 7) is 1.77. The normalized spacial score (nSPS) is 11.2. The lowest BCUT2D eigenvalue weighted by Crippen LogP contribution is -1.97. The van der Waals surface area contributed by atoms with Crippen molar-refractivity contribution in [3.8, 4) is 12.8 Å². The van der Waals surface area contributed by atoms with Crippen LogP contribution >= 0.6 is 27.5 Å². The third-order valence-corrected chi connectivity index (χ3v) is 1.85. The number of alkyl halides is 1. The minimum atomic E-state index is -0.557. The third kappa shape index (κ3) is 3.29. The summed E-state index contributed by atoms with van der Waals surface area (Å²) in [5.74, 6) is -0.557. The van der Waals surface area contributed by atoms with Crippen LogP contribution in [0.4, 0.5) is 4.39 Å². The zero-order valence-corrected chi connectivity index (χ0v) is 9.18. The van der Waals surface area contributed by atoms with Gasteiger partial charge in [0.1, 0.15) is 6.33 Å². The van der Waals surface area contributed by atoms with E-state index in [9.17, 15) is 4.39 Å². The second kappa shape index (κ2) is 5.90.